The molecule has 24 heavy (non-hydrogen) atoms. The van der Waals surface area contributed by atoms with Gasteiger partial charge in [-0.2, -0.15) is 9.90 Å². The van der Waals surface area contributed by atoms with E-state index in [0.29, 0.717) is 23.0 Å². The van der Waals surface area contributed by atoms with Gasteiger partial charge >= 0.3 is 0 Å². The van der Waals surface area contributed by atoms with E-state index in [0.717, 1.165) is 11.3 Å². The maximum atomic E-state index is 5.33. The molecule has 0 radical (unpaired) electrons. The van der Waals surface area contributed by atoms with Crippen molar-refractivity contribution in [3.05, 3.63) is 71.3 Å². The summed E-state index contributed by atoms with van der Waals surface area (Å²) in [5.74, 6) is 1.29. The van der Waals surface area contributed by atoms with Crippen molar-refractivity contribution in [3.8, 4) is 17.1 Å². The fourth-order valence-electron chi connectivity index (χ4n) is 2.42. The number of hydrogen-bond donors (Lipinski definition) is 1. The largest absolute Gasteiger partial charge is 0.271 e. The molecule has 0 aliphatic carbocycles. The summed E-state index contributed by atoms with van der Waals surface area (Å²) in [5.41, 5.74) is 1.86. The molecule has 8 heteroatoms. The number of aromatic amines is 1. The fourth-order valence-corrected chi connectivity index (χ4v) is 2.67. The SMILES string of the molecule is S=c1[nH]nc(Cn2nnc(-c3ccccc3)n2)n1-c1ccccc1. The van der Waals surface area contributed by atoms with E-state index in [4.69, 9.17) is 12.2 Å². The molecule has 118 valence electrons. The van der Waals surface area contributed by atoms with Crippen molar-refractivity contribution in [1.82, 2.24) is 35.0 Å². The zero-order valence-electron chi connectivity index (χ0n) is 12.6. The van der Waals surface area contributed by atoms with Crippen molar-refractivity contribution in [2.45, 2.75) is 6.54 Å². The van der Waals surface area contributed by atoms with E-state index in [1.165, 1.54) is 4.80 Å². The normalized spacial score (nSPS) is 10.8. The molecule has 0 spiro atoms. The Morgan fingerprint density at radius 3 is 2.42 bits per heavy atom. The van der Waals surface area contributed by atoms with Crippen molar-refractivity contribution in [3.63, 3.8) is 0 Å². The second-order valence-electron chi connectivity index (χ2n) is 5.13. The zero-order chi connectivity index (χ0) is 16.4. The van der Waals surface area contributed by atoms with Crippen LogP contribution in [0.25, 0.3) is 17.1 Å². The number of benzene rings is 2. The van der Waals surface area contributed by atoms with Crippen LogP contribution in [0.4, 0.5) is 0 Å². The standard InChI is InChI=1S/C16H13N7S/c24-16-19-17-14(23(16)13-9-5-2-6-10-13)11-22-20-15(18-21-22)12-7-3-1-4-8-12/h1-10H,11H2,(H,19,24). The van der Waals surface area contributed by atoms with E-state index in [9.17, 15) is 0 Å². The maximum Gasteiger partial charge on any atom is 0.204 e. The van der Waals surface area contributed by atoms with Gasteiger partial charge in [-0.25, -0.2) is 0 Å². The lowest BCUT2D eigenvalue weighted by molar-refractivity contribution is 0.548. The Hall–Kier alpha value is -3.13. The summed E-state index contributed by atoms with van der Waals surface area (Å²) in [7, 11) is 0. The van der Waals surface area contributed by atoms with Crippen LogP contribution in [0, 0.1) is 4.77 Å². The van der Waals surface area contributed by atoms with Crippen LogP contribution in [0.5, 0.6) is 0 Å². The molecule has 0 unspecified atom stereocenters. The fraction of sp³-hybridized carbons (Fsp3) is 0.0625. The lowest BCUT2D eigenvalue weighted by Crippen LogP contribution is -2.10. The molecule has 4 rings (SSSR count). The highest BCUT2D eigenvalue weighted by Crippen LogP contribution is 2.14. The Labute approximate surface area is 142 Å². The summed E-state index contributed by atoms with van der Waals surface area (Å²) in [6.07, 6.45) is 0. The van der Waals surface area contributed by atoms with Crippen LogP contribution in [-0.2, 0) is 6.54 Å². The molecule has 0 amide bonds. The Morgan fingerprint density at radius 1 is 0.958 bits per heavy atom. The lowest BCUT2D eigenvalue weighted by Gasteiger charge is -2.05. The molecule has 2 aromatic carbocycles. The van der Waals surface area contributed by atoms with Crippen molar-refractivity contribution in [2.75, 3.05) is 0 Å². The second-order valence-corrected chi connectivity index (χ2v) is 5.51. The summed E-state index contributed by atoms with van der Waals surface area (Å²) in [4.78, 5) is 1.51. The number of rotatable bonds is 4. The molecule has 2 aromatic heterocycles. The number of H-pyrrole nitrogens is 1. The van der Waals surface area contributed by atoms with Gasteiger partial charge in [-0.1, -0.05) is 48.5 Å². The molecule has 0 fully saturated rings. The van der Waals surface area contributed by atoms with Crippen LogP contribution in [0.1, 0.15) is 5.82 Å². The molecule has 0 aliphatic rings. The minimum Gasteiger partial charge on any atom is -0.271 e. The molecular formula is C16H13N7S. The quantitative estimate of drug-likeness (QED) is 0.580. The van der Waals surface area contributed by atoms with Gasteiger partial charge in [-0.15, -0.1) is 10.2 Å². The van der Waals surface area contributed by atoms with Gasteiger partial charge in [0.2, 0.25) is 5.82 Å². The molecule has 0 bridgehead atoms. The highest BCUT2D eigenvalue weighted by Gasteiger charge is 2.12. The third-order valence-corrected chi connectivity index (χ3v) is 3.80. The van der Waals surface area contributed by atoms with Gasteiger partial charge in [0.15, 0.2) is 10.6 Å². The first kappa shape index (κ1) is 14.5. The molecule has 7 nitrogen and oxygen atoms in total. The summed E-state index contributed by atoms with van der Waals surface area (Å²) in [6.45, 7) is 0.363. The van der Waals surface area contributed by atoms with E-state index in [-0.39, 0.29) is 0 Å². The number of nitrogens with zero attached hydrogens (tertiary/aromatic N) is 6. The number of aromatic nitrogens is 7. The minimum atomic E-state index is 0.363. The van der Waals surface area contributed by atoms with E-state index in [1.54, 1.807) is 0 Å². The molecule has 2 heterocycles. The predicted molar refractivity (Wildman–Crippen MR) is 91.1 cm³/mol. The average molecular weight is 335 g/mol. The van der Waals surface area contributed by atoms with Crippen molar-refractivity contribution >= 4 is 12.2 Å². The third-order valence-electron chi connectivity index (χ3n) is 3.52. The first-order valence-corrected chi connectivity index (χ1v) is 7.77. The van der Waals surface area contributed by atoms with Gasteiger partial charge in [0.1, 0.15) is 6.54 Å². The van der Waals surface area contributed by atoms with Crippen LogP contribution < -0.4 is 0 Å². The van der Waals surface area contributed by atoms with Crippen LogP contribution in [0.15, 0.2) is 60.7 Å². The number of nitrogens with one attached hydrogen (secondary N) is 1. The van der Waals surface area contributed by atoms with E-state index >= 15 is 0 Å². The highest BCUT2D eigenvalue weighted by molar-refractivity contribution is 7.71. The van der Waals surface area contributed by atoms with Crippen molar-refractivity contribution < 1.29 is 0 Å². The van der Waals surface area contributed by atoms with Crippen molar-refractivity contribution in [2.24, 2.45) is 0 Å². The predicted octanol–water partition coefficient (Wildman–Crippen LogP) is 2.63. The first-order valence-electron chi connectivity index (χ1n) is 7.36. The zero-order valence-corrected chi connectivity index (χ0v) is 13.4. The molecule has 4 aromatic rings. The Morgan fingerprint density at radius 2 is 1.67 bits per heavy atom. The first-order chi connectivity index (χ1) is 11.8. The summed E-state index contributed by atoms with van der Waals surface area (Å²) >= 11 is 5.33. The van der Waals surface area contributed by atoms with Crippen molar-refractivity contribution in [1.29, 1.82) is 0 Å². The van der Waals surface area contributed by atoms with E-state index in [2.05, 4.69) is 25.6 Å². The van der Waals surface area contributed by atoms with Crippen LogP contribution in [-0.4, -0.2) is 35.0 Å². The molecule has 0 saturated carbocycles. The Bertz CT molecular complexity index is 1000. The van der Waals surface area contributed by atoms with Gasteiger partial charge in [0.25, 0.3) is 0 Å². The summed E-state index contributed by atoms with van der Waals surface area (Å²) < 4.78 is 2.39. The number of para-hydroxylation sites is 1. The lowest BCUT2D eigenvalue weighted by atomic mass is 10.2. The Balaban J connectivity index is 1.66. The second kappa shape index (κ2) is 6.17. The average Bonchev–Trinajstić information content (AvgIpc) is 3.24. The molecular weight excluding hydrogens is 322 g/mol. The highest BCUT2D eigenvalue weighted by atomic mass is 32.1. The van der Waals surface area contributed by atoms with Gasteiger partial charge in [-0.3, -0.25) is 9.67 Å². The third kappa shape index (κ3) is 2.74. The Kier molecular flexibility index (Phi) is 3.72. The molecule has 0 saturated heterocycles. The van der Waals surface area contributed by atoms with Crippen LogP contribution >= 0.6 is 12.2 Å². The van der Waals surface area contributed by atoms with Crippen LogP contribution in [0.3, 0.4) is 0 Å². The monoisotopic (exact) mass is 335 g/mol. The minimum absolute atomic E-state index is 0.363. The van der Waals surface area contributed by atoms with Crippen LogP contribution in [0.2, 0.25) is 0 Å². The maximum absolute atomic E-state index is 5.33. The van der Waals surface area contributed by atoms with Gasteiger partial charge in [0, 0.05) is 11.3 Å². The molecule has 0 aliphatic heterocycles. The number of tetrazole rings is 1. The smallest absolute Gasteiger partial charge is 0.204 e. The van der Waals surface area contributed by atoms with E-state index in [1.807, 2.05) is 65.2 Å². The molecule has 0 atom stereocenters. The molecule has 1 N–H and O–H groups in total. The van der Waals surface area contributed by atoms with E-state index < -0.39 is 0 Å². The van der Waals surface area contributed by atoms with Gasteiger partial charge in [-0.05, 0) is 29.6 Å². The summed E-state index contributed by atoms with van der Waals surface area (Å²) in [5, 5.41) is 19.7. The summed E-state index contributed by atoms with van der Waals surface area (Å²) in [6, 6.07) is 19.5. The van der Waals surface area contributed by atoms with Gasteiger partial charge < -0.3 is 0 Å². The topological polar surface area (TPSA) is 77.2 Å². The van der Waals surface area contributed by atoms with Gasteiger partial charge in [0.05, 0.1) is 0 Å². The number of hydrogen-bond acceptors (Lipinski definition) is 5.